The van der Waals surface area contributed by atoms with Gasteiger partial charge in [0.1, 0.15) is 5.82 Å². The van der Waals surface area contributed by atoms with Gasteiger partial charge in [-0.15, -0.1) is 10.2 Å². The highest BCUT2D eigenvalue weighted by molar-refractivity contribution is 5.82. The Morgan fingerprint density at radius 1 is 1.21 bits per heavy atom. The molecule has 0 aliphatic carbocycles. The number of carbonyl (C=O) groups excluding carboxylic acids is 1. The molecule has 128 valence electrons. The van der Waals surface area contributed by atoms with Crippen LogP contribution in [0.15, 0.2) is 30.3 Å². The summed E-state index contributed by atoms with van der Waals surface area (Å²) in [6.45, 7) is 4.52. The van der Waals surface area contributed by atoms with Crippen molar-refractivity contribution in [3.8, 4) is 0 Å². The van der Waals surface area contributed by atoms with Crippen LogP contribution in [-0.4, -0.2) is 57.7 Å². The quantitative estimate of drug-likeness (QED) is 0.838. The highest BCUT2D eigenvalue weighted by Gasteiger charge is 2.36. The average molecular weight is 327 g/mol. The number of hydrogen-bond acceptors (Lipinski definition) is 4. The van der Waals surface area contributed by atoms with Crippen LogP contribution in [0.25, 0.3) is 0 Å². The number of hydrogen-bond donors (Lipinski definition) is 0. The summed E-state index contributed by atoms with van der Waals surface area (Å²) < 4.78 is 2.07. The number of likely N-dealkylation sites (N-methyl/N-ethyl adjacent to an activating group) is 1. The second kappa shape index (κ2) is 7.13. The van der Waals surface area contributed by atoms with Crippen molar-refractivity contribution in [1.29, 1.82) is 0 Å². The van der Waals surface area contributed by atoms with Gasteiger partial charge in [0.2, 0.25) is 5.91 Å². The largest absolute Gasteiger partial charge is 0.347 e. The van der Waals surface area contributed by atoms with Crippen molar-refractivity contribution < 1.29 is 4.79 Å². The van der Waals surface area contributed by atoms with E-state index in [0.717, 1.165) is 44.1 Å². The summed E-state index contributed by atoms with van der Waals surface area (Å²) in [7, 11) is 3.60. The summed E-state index contributed by atoms with van der Waals surface area (Å²) in [5, 5.41) is 8.45. The maximum atomic E-state index is 12.7. The fourth-order valence-corrected chi connectivity index (χ4v) is 3.28. The minimum Gasteiger partial charge on any atom is -0.347 e. The first kappa shape index (κ1) is 16.6. The van der Waals surface area contributed by atoms with Crippen molar-refractivity contribution >= 4 is 5.91 Å². The molecule has 1 atom stereocenters. The van der Waals surface area contributed by atoms with E-state index in [4.69, 9.17) is 0 Å². The lowest BCUT2D eigenvalue weighted by Crippen LogP contribution is -2.46. The lowest BCUT2D eigenvalue weighted by Gasteiger charge is -2.36. The molecule has 0 fully saturated rings. The number of fused-ring (bicyclic) bond motifs is 1. The molecule has 0 radical (unpaired) electrons. The summed E-state index contributed by atoms with van der Waals surface area (Å²) in [6, 6.07) is 10.2. The first-order valence-electron chi connectivity index (χ1n) is 8.47. The smallest absolute Gasteiger partial charge is 0.247 e. The normalized spacial score (nSPS) is 17.5. The van der Waals surface area contributed by atoms with Crippen LogP contribution < -0.4 is 0 Å². The Balaban J connectivity index is 1.73. The zero-order valence-corrected chi connectivity index (χ0v) is 14.6. The monoisotopic (exact) mass is 327 g/mol. The minimum absolute atomic E-state index is 0.0723. The molecule has 6 heteroatoms. The maximum absolute atomic E-state index is 12.7. The molecule has 1 aromatic heterocycles. The third-order valence-corrected chi connectivity index (χ3v) is 4.61. The van der Waals surface area contributed by atoms with Gasteiger partial charge in [-0.3, -0.25) is 9.69 Å². The molecule has 1 amide bonds. The molecule has 6 nitrogen and oxygen atoms in total. The van der Waals surface area contributed by atoms with Gasteiger partial charge in [-0.25, -0.2) is 0 Å². The van der Waals surface area contributed by atoms with Crippen LogP contribution in [-0.2, 0) is 17.8 Å². The van der Waals surface area contributed by atoms with Crippen molar-refractivity contribution in [2.24, 2.45) is 0 Å². The highest BCUT2D eigenvalue weighted by atomic mass is 16.2. The number of benzene rings is 1. The maximum Gasteiger partial charge on any atom is 0.247 e. The predicted molar refractivity (Wildman–Crippen MR) is 92.5 cm³/mol. The van der Waals surface area contributed by atoms with E-state index in [9.17, 15) is 4.79 Å². The van der Waals surface area contributed by atoms with E-state index in [1.807, 2.05) is 13.0 Å². The zero-order valence-electron chi connectivity index (χ0n) is 14.6. The number of amides is 1. The Labute approximate surface area is 143 Å². The summed E-state index contributed by atoms with van der Waals surface area (Å²) in [5.74, 6) is 1.73. The van der Waals surface area contributed by atoms with Gasteiger partial charge in [-0.1, -0.05) is 30.3 Å². The van der Waals surface area contributed by atoms with E-state index < -0.39 is 0 Å². The van der Waals surface area contributed by atoms with Gasteiger partial charge >= 0.3 is 0 Å². The van der Waals surface area contributed by atoms with Crippen molar-refractivity contribution in [2.75, 3.05) is 27.2 Å². The Bertz CT molecular complexity index is 695. The lowest BCUT2D eigenvalue weighted by molar-refractivity contribution is -0.136. The van der Waals surface area contributed by atoms with Crippen molar-refractivity contribution in [1.82, 2.24) is 24.6 Å². The van der Waals surface area contributed by atoms with Gasteiger partial charge in [-0.05, 0) is 31.9 Å². The number of rotatable bonds is 5. The van der Waals surface area contributed by atoms with Gasteiger partial charge in [0.05, 0.1) is 0 Å². The Morgan fingerprint density at radius 3 is 2.67 bits per heavy atom. The van der Waals surface area contributed by atoms with Crippen molar-refractivity contribution in [3.05, 3.63) is 47.5 Å². The van der Waals surface area contributed by atoms with Crippen LogP contribution in [0.2, 0.25) is 0 Å². The van der Waals surface area contributed by atoms with Crippen LogP contribution in [0.3, 0.4) is 0 Å². The summed E-state index contributed by atoms with van der Waals surface area (Å²) in [4.78, 5) is 16.6. The molecular weight excluding hydrogens is 302 g/mol. The van der Waals surface area contributed by atoms with Gasteiger partial charge in [0.15, 0.2) is 11.9 Å². The number of carbonyl (C=O) groups is 1. The second-order valence-corrected chi connectivity index (χ2v) is 6.52. The first-order valence-corrected chi connectivity index (χ1v) is 8.47. The molecule has 1 unspecified atom stereocenters. The fourth-order valence-electron chi connectivity index (χ4n) is 3.28. The Morgan fingerprint density at radius 2 is 1.96 bits per heavy atom. The summed E-state index contributed by atoms with van der Waals surface area (Å²) in [5.41, 5.74) is 1.34. The van der Waals surface area contributed by atoms with Crippen molar-refractivity contribution in [3.63, 3.8) is 0 Å². The van der Waals surface area contributed by atoms with Gasteiger partial charge in [-0.2, -0.15) is 0 Å². The fraction of sp³-hybridized carbons (Fsp3) is 0.500. The average Bonchev–Trinajstić information content (AvgIpc) is 2.96. The minimum atomic E-state index is -0.328. The van der Waals surface area contributed by atoms with E-state index in [1.54, 1.807) is 19.0 Å². The second-order valence-electron chi connectivity index (χ2n) is 6.52. The molecule has 2 heterocycles. The molecule has 0 saturated heterocycles. The molecule has 24 heavy (non-hydrogen) atoms. The molecule has 0 saturated carbocycles. The molecule has 3 rings (SSSR count). The third-order valence-electron chi connectivity index (χ3n) is 4.61. The highest BCUT2D eigenvalue weighted by Crippen LogP contribution is 2.26. The van der Waals surface area contributed by atoms with E-state index in [-0.39, 0.29) is 11.9 Å². The molecule has 1 aromatic carbocycles. The summed E-state index contributed by atoms with van der Waals surface area (Å²) >= 11 is 0. The van der Waals surface area contributed by atoms with E-state index in [2.05, 4.69) is 43.9 Å². The Hall–Kier alpha value is -2.21. The van der Waals surface area contributed by atoms with E-state index >= 15 is 0 Å². The Kier molecular flexibility index (Phi) is 4.94. The molecule has 0 spiro atoms. The number of nitrogens with zero attached hydrogens (tertiary/aromatic N) is 5. The van der Waals surface area contributed by atoms with Crippen LogP contribution >= 0.6 is 0 Å². The predicted octanol–water partition coefficient (Wildman–Crippen LogP) is 1.66. The molecule has 1 aliphatic heterocycles. The molecule has 2 aromatic rings. The molecule has 0 bridgehead atoms. The van der Waals surface area contributed by atoms with Gasteiger partial charge in [0.25, 0.3) is 0 Å². The third kappa shape index (κ3) is 3.33. The standard InChI is InChI=1S/C18H25N5O/c1-14-19-20-17-16(18(24)21(2)3)22(12-13-23(14)17)11-7-10-15-8-5-4-6-9-15/h4-6,8-9,16H,7,10-13H2,1-3H3. The van der Waals surface area contributed by atoms with Crippen molar-refractivity contribution in [2.45, 2.75) is 32.4 Å². The van der Waals surface area contributed by atoms with E-state index in [0.29, 0.717) is 0 Å². The SMILES string of the molecule is Cc1nnc2n1CCN(CCCc1ccccc1)C2C(=O)N(C)C. The molecule has 1 aliphatic rings. The van der Waals surface area contributed by atoms with Crippen LogP contribution in [0.1, 0.15) is 29.7 Å². The van der Waals surface area contributed by atoms with Gasteiger partial charge in [0, 0.05) is 27.2 Å². The number of aromatic nitrogens is 3. The topological polar surface area (TPSA) is 54.3 Å². The molecule has 0 N–H and O–H groups in total. The van der Waals surface area contributed by atoms with Crippen LogP contribution in [0.4, 0.5) is 0 Å². The lowest BCUT2D eigenvalue weighted by atomic mass is 10.1. The van der Waals surface area contributed by atoms with E-state index in [1.165, 1.54) is 5.56 Å². The van der Waals surface area contributed by atoms with Gasteiger partial charge < -0.3 is 9.47 Å². The molecular formula is C18H25N5O. The first-order chi connectivity index (χ1) is 11.6. The van der Waals surface area contributed by atoms with Crippen LogP contribution in [0.5, 0.6) is 0 Å². The number of aryl methyl sites for hydroxylation is 2. The zero-order chi connectivity index (χ0) is 17.1. The summed E-state index contributed by atoms with van der Waals surface area (Å²) in [6.07, 6.45) is 2.04. The van der Waals surface area contributed by atoms with Crippen LogP contribution in [0, 0.1) is 6.92 Å².